The molecule has 2 heteroatoms. The van der Waals surface area contributed by atoms with Gasteiger partial charge in [-0.25, -0.2) is 0 Å². The fraction of sp³-hybridized carbons (Fsp3) is 0.684. The molecule has 1 aromatic rings. The summed E-state index contributed by atoms with van der Waals surface area (Å²) in [4.78, 5) is 0. The van der Waals surface area contributed by atoms with Gasteiger partial charge in [-0.3, -0.25) is 0 Å². The van der Waals surface area contributed by atoms with Crippen molar-refractivity contribution in [3.8, 4) is 0 Å². The summed E-state index contributed by atoms with van der Waals surface area (Å²) in [5.41, 5.74) is 3.04. The van der Waals surface area contributed by atoms with E-state index in [4.69, 9.17) is 0 Å². The molecule has 2 rings (SSSR count). The van der Waals surface area contributed by atoms with E-state index in [1.165, 1.54) is 24.0 Å². The molecule has 1 aliphatic carbocycles. The molecule has 2 N–H and O–H groups in total. The van der Waals surface area contributed by atoms with Crippen molar-refractivity contribution in [1.29, 1.82) is 0 Å². The number of rotatable bonds is 5. The van der Waals surface area contributed by atoms with Crippen molar-refractivity contribution >= 4 is 0 Å². The van der Waals surface area contributed by atoms with Gasteiger partial charge in [-0.2, -0.15) is 0 Å². The van der Waals surface area contributed by atoms with Gasteiger partial charge in [0.1, 0.15) is 0 Å². The number of benzene rings is 1. The van der Waals surface area contributed by atoms with Crippen molar-refractivity contribution < 1.29 is 5.11 Å². The highest BCUT2D eigenvalue weighted by molar-refractivity contribution is 5.29. The first-order valence-corrected chi connectivity index (χ1v) is 8.31. The van der Waals surface area contributed by atoms with Gasteiger partial charge in [-0.15, -0.1) is 0 Å². The molecule has 1 unspecified atom stereocenters. The molecule has 21 heavy (non-hydrogen) atoms. The second-order valence-corrected chi connectivity index (χ2v) is 7.84. The van der Waals surface area contributed by atoms with Crippen LogP contribution < -0.4 is 5.32 Å². The van der Waals surface area contributed by atoms with Crippen LogP contribution in [0.25, 0.3) is 0 Å². The van der Waals surface area contributed by atoms with E-state index in [-0.39, 0.29) is 10.8 Å². The monoisotopic (exact) mass is 289 g/mol. The average molecular weight is 289 g/mol. The Kier molecular flexibility index (Phi) is 5.11. The van der Waals surface area contributed by atoms with Crippen LogP contribution in [0.3, 0.4) is 0 Å². The molecule has 0 aliphatic heterocycles. The zero-order chi connectivity index (χ0) is 15.5. The zero-order valence-electron chi connectivity index (χ0n) is 14.1. The molecule has 1 saturated carbocycles. The number of hydrogen-bond donors (Lipinski definition) is 2. The summed E-state index contributed by atoms with van der Waals surface area (Å²) >= 11 is 0. The minimum atomic E-state index is 0.125. The van der Waals surface area contributed by atoms with Gasteiger partial charge in [0.05, 0.1) is 0 Å². The lowest BCUT2D eigenvalue weighted by atomic mass is 9.85. The Morgan fingerprint density at radius 2 is 1.71 bits per heavy atom. The van der Waals surface area contributed by atoms with Gasteiger partial charge in [0.15, 0.2) is 0 Å². The lowest BCUT2D eigenvalue weighted by molar-refractivity contribution is 0.125. The van der Waals surface area contributed by atoms with Crippen molar-refractivity contribution in [2.75, 3.05) is 13.2 Å². The minimum Gasteiger partial charge on any atom is -0.396 e. The lowest BCUT2D eigenvalue weighted by Gasteiger charge is -2.29. The maximum absolute atomic E-state index is 9.69. The molecule has 0 spiro atoms. The van der Waals surface area contributed by atoms with Crippen molar-refractivity contribution in [2.45, 2.75) is 64.8 Å². The molecule has 0 heterocycles. The highest BCUT2D eigenvalue weighted by atomic mass is 16.3. The SMILES string of the molecule is CC(NCC1(CO)CCCC1)c1ccc(C(C)(C)C)cc1. The fourth-order valence-corrected chi connectivity index (χ4v) is 3.28. The number of aliphatic hydroxyl groups is 1. The molecule has 2 nitrogen and oxygen atoms in total. The highest BCUT2D eigenvalue weighted by Crippen LogP contribution is 2.37. The molecule has 0 bridgehead atoms. The van der Waals surface area contributed by atoms with Crippen LogP contribution in [-0.4, -0.2) is 18.3 Å². The molecule has 0 radical (unpaired) electrons. The molecular weight excluding hydrogens is 258 g/mol. The van der Waals surface area contributed by atoms with Crippen LogP contribution in [0.1, 0.15) is 70.5 Å². The van der Waals surface area contributed by atoms with Gasteiger partial charge in [0.25, 0.3) is 0 Å². The minimum absolute atomic E-state index is 0.125. The summed E-state index contributed by atoms with van der Waals surface area (Å²) in [7, 11) is 0. The first-order valence-electron chi connectivity index (χ1n) is 8.31. The summed E-state index contributed by atoms with van der Waals surface area (Å²) < 4.78 is 0. The quantitative estimate of drug-likeness (QED) is 0.852. The largest absolute Gasteiger partial charge is 0.396 e. The van der Waals surface area contributed by atoms with Crippen molar-refractivity contribution in [2.24, 2.45) is 5.41 Å². The Morgan fingerprint density at radius 1 is 1.14 bits per heavy atom. The molecule has 0 aromatic heterocycles. The van der Waals surface area contributed by atoms with E-state index in [9.17, 15) is 5.11 Å². The molecule has 118 valence electrons. The van der Waals surface area contributed by atoms with Gasteiger partial charge in [0.2, 0.25) is 0 Å². The van der Waals surface area contributed by atoms with Crippen LogP contribution in [-0.2, 0) is 5.41 Å². The lowest BCUT2D eigenvalue weighted by Crippen LogP contribution is -2.36. The number of aliphatic hydroxyl groups excluding tert-OH is 1. The molecule has 1 atom stereocenters. The predicted molar refractivity (Wildman–Crippen MR) is 89.5 cm³/mol. The average Bonchev–Trinajstić information content (AvgIpc) is 2.93. The number of hydrogen-bond acceptors (Lipinski definition) is 2. The van der Waals surface area contributed by atoms with Gasteiger partial charge in [0, 0.05) is 24.6 Å². The Hall–Kier alpha value is -0.860. The molecule has 0 saturated heterocycles. The Morgan fingerprint density at radius 3 is 2.19 bits per heavy atom. The van der Waals surface area contributed by atoms with Gasteiger partial charge in [-0.05, 0) is 36.3 Å². The van der Waals surface area contributed by atoms with Gasteiger partial charge in [-0.1, -0.05) is 57.9 Å². The van der Waals surface area contributed by atoms with Crippen LogP contribution in [0.5, 0.6) is 0 Å². The Labute approximate surface area is 130 Å². The third-order valence-corrected chi connectivity index (χ3v) is 5.06. The molecule has 0 amide bonds. The highest BCUT2D eigenvalue weighted by Gasteiger charge is 2.33. The maximum Gasteiger partial charge on any atom is 0.0499 e. The van der Waals surface area contributed by atoms with E-state index < -0.39 is 0 Å². The van der Waals surface area contributed by atoms with Crippen LogP contribution in [0, 0.1) is 5.41 Å². The summed E-state index contributed by atoms with van der Waals surface area (Å²) in [5.74, 6) is 0. The summed E-state index contributed by atoms with van der Waals surface area (Å²) in [6.07, 6.45) is 4.84. The topological polar surface area (TPSA) is 32.3 Å². The number of nitrogens with one attached hydrogen (secondary N) is 1. The van der Waals surface area contributed by atoms with Crippen LogP contribution >= 0.6 is 0 Å². The summed E-state index contributed by atoms with van der Waals surface area (Å²) in [6, 6.07) is 9.29. The second-order valence-electron chi connectivity index (χ2n) is 7.84. The van der Waals surface area contributed by atoms with E-state index in [0.29, 0.717) is 12.6 Å². The normalized spacial score (nSPS) is 19.7. The summed E-state index contributed by atoms with van der Waals surface area (Å²) in [5, 5.41) is 13.3. The first-order chi connectivity index (χ1) is 9.86. The van der Waals surface area contributed by atoms with Crippen molar-refractivity contribution in [3.63, 3.8) is 0 Å². The molecular formula is C19H31NO. The van der Waals surface area contributed by atoms with E-state index >= 15 is 0 Å². The van der Waals surface area contributed by atoms with Crippen molar-refractivity contribution in [3.05, 3.63) is 35.4 Å². The molecule has 1 aliphatic rings. The van der Waals surface area contributed by atoms with Crippen LogP contribution in [0.4, 0.5) is 0 Å². The van der Waals surface area contributed by atoms with E-state index in [0.717, 1.165) is 19.4 Å². The van der Waals surface area contributed by atoms with Gasteiger partial charge >= 0.3 is 0 Å². The van der Waals surface area contributed by atoms with E-state index in [1.807, 2.05) is 0 Å². The van der Waals surface area contributed by atoms with Crippen LogP contribution in [0.2, 0.25) is 0 Å². The summed E-state index contributed by atoms with van der Waals surface area (Å²) in [6.45, 7) is 10.2. The third-order valence-electron chi connectivity index (χ3n) is 5.06. The molecule has 1 aromatic carbocycles. The van der Waals surface area contributed by atoms with Crippen LogP contribution in [0.15, 0.2) is 24.3 Å². The Bertz CT molecular complexity index is 438. The maximum atomic E-state index is 9.69. The molecule has 1 fully saturated rings. The predicted octanol–water partition coefficient (Wildman–Crippen LogP) is 4.19. The van der Waals surface area contributed by atoms with Crippen molar-refractivity contribution in [1.82, 2.24) is 5.32 Å². The smallest absolute Gasteiger partial charge is 0.0499 e. The second kappa shape index (κ2) is 6.50. The van der Waals surface area contributed by atoms with E-state index in [1.54, 1.807) is 0 Å². The third kappa shape index (κ3) is 4.08. The fourth-order valence-electron chi connectivity index (χ4n) is 3.28. The van der Waals surface area contributed by atoms with Gasteiger partial charge < -0.3 is 10.4 Å². The zero-order valence-corrected chi connectivity index (χ0v) is 14.1. The standard InChI is InChI=1S/C19H31NO/c1-15(20-13-19(14-21)11-5-6-12-19)16-7-9-17(10-8-16)18(2,3)4/h7-10,15,20-21H,5-6,11-14H2,1-4H3. The Balaban J connectivity index is 1.95. The first kappa shape index (κ1) is 16.5. The van der Waals surface area contributed by atoms with E-state index in [2.05, 4.69) is 57.3 Å².